The molecular formula is C16H21NO2S. The van der Waals surface area contributed by atoms with Crippen molar-refractivity contribution in [3.8, 4) is 0 Å². The summed E-state index contributed by atoms with van der Waals surface area (Å²) in [5.74, 6) is 0.416. The van der Waals surface area contributed by atoms with Gasteiger partial charge in [0, 0.05) is 5.56 Å². The van der Waals surface area contributed by atoms with E-state index in [2.05, 4.69) is 6.07 Å². The first kappa shape index (κ1) is 15.1. The van der Waals surface area contributed by atoms with Gasteiger partial charge in [0.05, 0.1) is 17.7 Å². The third-order valence-corrected chi connectivity index (χ3v) is 4.67. The molecule has 1 aromatic carbocycles. The monoisotopic (exact) mass is 291 g/mol. The van der Waals surface area contributed by atoms with Crippen molar-refractivity contribution in [2.24, 2.45) is 5.92 Å². The first-order valence-corrected chi connectivity index (χ1v) is 8.14. The Labute approximate surface area is 124 Å². The van der Waals surface area contributed by atoms with Crippen LogP contribution in [-0.2, 0) is 11.2 Å². The van der Waals surface area contributed by atoms with Crippen LogP contribution in [0.25, 0.3) is 0 Å². The maximum Gasteiger partial charge on any atom is 0.338 e. The van der Waals surface area contributed by atoms with Crippen molar-refractivity contribution in [1.29, 1.82) is 5.41 Å². The standard InChI is InChI=1S/C16H21NO2S/c1-10-7-12(8-11-5-4-6-11)14(15(17)20-3)9-13(10)16(18)19-2/h7,9,11,17H,4-6,8H2,1-3H3. The Morgan fingerprint density at radius 1 is 1.40 bits per heavy atom. The number of hydrogen-bond donors (Lipinski definition) is 1. The number of nitrogens with one attached hydrogen (secondary N) is 1. The van der Waals surface area contributed by atoms with Gasteiger partial charge < -0.3 is 4.74 Å². The average Bonchev–Trinajstić information content (AvgIpc) is 2.41. The van der Waals surface area contributed by atoms with Crippen LogP contribution in [0.2, 0.25) is 0 Å². The maximum atomic E-state index is 11.8. The summed E-state index contributed by atoms with van der Waals surface area (Å²) in [5.41, 5.74) is 3.58. The lowest BCUT2D eigenvalue weighted by atomic mass is 9.79. The molecule has 0 amide bonds. The Morgan fingerprint density at radius 3 is 2.60 bits per heavy atom. The fraction of sp³-hybridized carbons (Fsp3) is 0.500. The van der Waals surface area contributed by atoms with E-state index in [9.17, 15) is 4.79 Å². The molecule has 1 fully saturated rings. The molecule has 1 aliphatic carbocycles. The summed E-state index contributed by atoms with van der Waals surface area (Å²) < 4.78 is 4.82. The van der Waals surface area contributed by atoms with Crippen LogP contribution in [0.3, 0.4) is 0 Å². The molecule has 0 saturated heterocycles. The molecule has 1 N–H and O–H groups in total. The summed E-state index contributed by atoms with van der Waals surface area (Å²) in [6.07, 6.45) is 6.79. The van der Waals surface area contributed by atoms with E-state index in [1.807, 2.05) is 19.2 Å². The highest BCUT2D eigenvalue weighted by Gasteiger charge is 2.22. The Hall–Kier alpha value is -1.29. The van der Waals surface area contributed by atoms with Gasteiger partial charge in [0.25, 0.3) is 0 Å². The number of aryl methyl sites for hydroxylation is 1. The van der Waals surface area contributed by atoms with E-state index in [4.69, 9.17) is 10.1 Å². The quantitative estimate of drug-likeness (QED) is 0.521. The predicted molar refractivity (Wildman–Crippen MR) is 83.9 cm³/mol. The molecule has 0 aliphatic heterocycles. The molecule has 0 atom stereocenters. The number of carbonyl (C=O) groups is 1. The zero-order chi connectivity index (χ0) is 14.7. The highest BCUT2D eigenvalue weighted by molar-refractivity contribution is 8.13. The fourth-order valence-corrected chi connectivity index (χ4v) is 3.01. The van der Waals surface area contributed by atoms with E-state index < -0.39 is 0 Å². The minimum Gasteiger partial charge on any atom is -0.465 e. The predicted octanol–water partition coefficient (Wildman–Crippen LogP) is 3.81. The average molecular weight is 291 g/mol. The van der Waals surface area contributed by atoms with Crippen LogP contribution in [-0.4, -0.2) is 24.4 Å². The summed E-state index contributed by atoms with van der Waals surface area (Å²) in [6, 6.07) is 3.89. The van der Waals surface area contributed by atoms with Crippen LogP contribution in [0.15, 0.2) is 12.1 Å². The second-order valence-corrected chi connectivity index (χ2v) is 6.17. The zero-order valence-corrected chi connectivity index (χ0v) is 13.1. The molecule has 1 aromatic rings. The molecule has 1 saturated carbocycles. The van der Waals surface area contributed by atoms with Gasteiger partial charge in [-0.25, -0.2) is 4.79 Å². The topological polar surface area (TPSA) is 50.2 Å². The molecule has 0 bridgehead atoms. The van der Waals surface area contributed by atoms with Crippen molar-refractivity contribution in [1.82, 2.24) is 0 Å². The van der Waals surface area contributed by atoms with Crippen molar-refractivity contribution < 1.29 is 9.53 Å². The van der Waals surface area contributed by atoms with Crippen LogP contribution in [0, 0.1) is 18.3 Å². The summed E-state index contributed by atoms with van der Waals surface area (Å²) in [4.78, 5) is 11.8. The number of methoxy groups -OCH3 is 1. The van der Waals surface area contributed by atoms with Crippen molar-refractivity contribution >= 4 is 22.8 Å². The molecule has 0 radical (unpaired) electrons. The fourth-order valence-electron chi connectivity index (χ4n) is 2.60. The van der Waals surface area contributed by atoms with Crippen molar-refractivity contribution in [3.63, 3.8) is 0 Å². The molecule has 0 heterocycles. The van der Waals surface area contributed by atoms with Crippen molar-refractivity contribution in [3.05, 3.63) is 34.4 Å². The number of hydrogen-bond acceptors (Lipinski definition) is 4. The van der Waals surface area contributed by atoms with E-state index in [0.29, 0.717) is 10.6 Å². The molecule has 0 aromatic heterocycles. The number of ether oxygens (including phenoxy) is 1. The minimum atomic E-state index is -0.326. The first-order valence-electron chi connectivity index (χ1n) is 6.91. The van der Waals surface area contributed by atoms with Gasteiger partial charge in [-0.1, -0.05) is 25.3 Å². The molecule has 4 heteroatoms. The second-order valence-electron chi connectivity index (χ2n) is 5.35. The molecule has 20 heavy (non-hydrogen) atoms. The van der Waals surface area contributed by atoms with E-state index in [0.717, 1.165) is 23.5 Å². The number of rotatable bonds is 4. The SMILES string of the molecule is COC(=O)c1cc(C(=N)SC)c(CC2CCC2)cc1C. The minimum absolute atomic E-state index is 0.326. The Morgan fingerprint density at radius 2 is 2.10 bits per heavy atom. The van der Waals surface area contributed by atoms with E-state index >= 15 is 0 Å². The van der Waals surface area contributed by atoms with Gasteiger partial charge in [-0.3, -0.25) is 5.41 Å². The number of benzene rings is 1. The van der Waals surface area contributed by atoms with Crippen LogP contribution in [0.5, 0.6) is 0 Å². The Balaban J connectivity index is 2.40. The van der Waals surface area contributed by atoms with Crippen molar-refractivity contribution in [2.75, 3.05) is 13.4 Å². The summed E-state index contributed by atoms with van der Waals surface area (Å²) in [5, 5.41) is 8.63. The smallest absolute Gasteiger partial charge is 0.338 e. The summed E-state index contributed by atoms with van der Waals surface area (Å²) >= 11 is 1.41. The third-order valence-electron chi connectivity index (χ3n) is 4.04. The van der Waals surface area contributed by atoms with Crippen molar-refractivity contribution in [2.45, 2.75) is 32.6 Å². The highest BCUT2D eigenvalue weighted by atomic mass is 32.2. The summed E-state index contributed by atoms with van der Waals surface area (Å²) in [7, 11) is 1.39. The molecule has 0 spiro atoms. The van der Waals surface area contributed by atoms with Gasteiger partial charge >= 0.3 is 5.97 Å². The Kier molecular flexibility index (Phi) is 4.86. The van der Waals surface area contributed by atoms with Gasteiger partial charge in [-0.2, -0.15) is 0 Å². The lowest BCUT2D eigenvalue weighted by Crippen LogP contribution is -2.16. The number of esters is 1. The van der Waals surface area contributed by atoms with Gasteiger partial charge in [-0.15, -0.1) is 11.8 Å². The van der Waals surface area contributed by atoms with Gasteiger partial charge in [0.1, 0.15) is 0 Å². The van der Waals surface area contributed by atoms with Crippen LogP contribution in [0.4, 0.5) is 0 Å². The lowest BCUT2D eigenvalue weighted by molar-refractivity contribution is 0.0600. The molecule has 0 unspecified atom stereocenters. The molecule has 1 aliphatic rings. The van der Waals surface area contributed by atoms with E-state index in [1.54, 1.807) is 0 Å². The van der Waals surface area contributed by atoms with Crippen LogP contribution < -0.4 is 0 Å². The lowest BCUT2D eigenvalue weighted by Gasteiger charge is -2.26. The number of carbonyl (C=O) groups excluding carboxylic acids is 1. The van der Waals surface area contributed by atoms with Crippen LogP contribution >= 0.6 is 11.8 Å². The molecule has 3 nitrogen and oxygen atoms in total. The van der Waals surface area contributed by atoms with E-state index in [-0.39, 0.29) is 5.97 Å². The largest absolute Gasteiger partial charge is 0.465 e. The highest BCUT2D eigenvalue weighted by Crippen LogP contribution is 2.32. The third kappa shape index (κ3) is 3.06. The summed E-state index contributed by atoms with van der Waals surface area (Å²) in [6.45, 7) is 1.93. The van der Waals surface area contributed by atoms with Gasteiger partial charge in [0.2, 0.25) is 0 Å². The molecule has 108 valence electrons. The van der Waals surface area contributed by atoms with Crippen LogP contribution in [0.1, 0.15) is 46.3 Å². The molecular weight excluding hydrogens is 270 g/mol. The normalized spacial score (nSPS) is 14.8. The van der Waals surface area contributed by atoms with Gasteiger partial charge in [-0.05, 0) is 42.7 Å². The first-order chi connectivity index (χ1) is 9.56. The molecule has 2 rings (SSSR count). The second kappa shape index (κ2) is 6.44. The Bertz CT molecular complexity index is 536. The van der Waals surface area contributed by atoms with Gasteiger partial charge in [0.15, 0.2) is 0 Å². The number of thioether (sulfide) groups is 1. The zero-order valence-electron chi connectivity index (χ0n) is 12.3. The van der Waals surface area contributed by atoms with E-state index in [1.165, 1.54) is 43.7 Å². The maximum absolute atomic E-state index is 11.8.